The Balaban J connectivity index is 2.32. The Kier molecular flexibility index (Phi) is 3.64. The van der Waals surface area contributed by atoms with Gasteiger partial charge >= 0.3 is 0 Å². The highest BCUT2D eigenvalue weighted by Crippen LogP contribution is 2.23. The quantitative estimate of drug-likeness (QED) is 0.945. The summed E-state index contributed by atoms with van der Waals surface area (Å²) in [4.78, 5) is 0. The molecule has 0 saturated carbocycles. The summed E-state index contributed by atoms with van der Waals surface area (Å²) in [5.41, 5.74) is 9.60. The van der Waals surface area contributed by atoms with Crippen molar-refractivity contribution in [1.82, 2.24) is 9.78 Å². The van der Waals surface area contributed by atoms with Crippen molar-refractivity contribution >= 4 is 15.9 Å². The summed E-state index contributed by atoms with van der Waals surface area (Å²) in [5, 5.41) is 4.25. The second-order valence-electron chi connectivity index (χ2n) is 4.17. The van der Waals surface area contributed by atoms with Gasteiger partial charge in [-0.2, -0.15) is 5.10 Å². The Morgan fingerprint density at radius 3 is 2.71 bits per heavy atom. The molecule has 90 valence electrons. The largest absolute Gasteiger partial charge is 0.320 e. The molecule has 0 aliphatic carbocycles. The third-order valence-electron chi connectivity index (χ3n) is 2.76. The van der Waals surface area contributed by atoms with E-state index >= 15 is 0 Å². The van der Waals surface area contributed by atoms with Gasteiger partial charge in [0, 0.05) is 22.8 Å². The summed E-state index contributed by atoms with van der Waals surface area (Å²) in [6.07, 6.45) is 3.84. The molecule has 1 aromatic carbocycles. The maximum atomic E-state index is 6.25. The summed E-state index contributed by atoms with van der Waals surface area (Å²) in [7, 11) is 0. The second kappa shape index (κ2) is 5.02. The van der Waals surface area contributed by atoms with Gasteiger partial charge in [0.2, 0.25) is 0 Å². The minimum Gasteiger partial charge on any atom is -0.320 e. The highest BCUT2D eigenvalue weighted by Gasteiger charge is 2.11. The lowest BCUT2D eigenvalue weighted by Gasteiger charge is -2.11. The molecule has 1 aromatic heterocycles. The van der Waals surface area contributed by atoms with Gasteiger partial charge in [0.15, 0.2) is 0 Å². The van der Waals surface area contributed by atoms with Gasteiger partial charge in [-0.1, -0.05) is 22.0 Å². The molecule has 0 aliphatic heterocycles. The molecule has 2 rings (SSSR count). The molecule has 1 atom stereocenters. The third-order valence-corrected chi connectivity index (χ3v) is 3.22. The second-order valence-corrected chi connectivity index (χ2v) is 5.08. The van der Waals surface area contributed by atoms with Gasteiger partial charge in [-0.3, -0.25) is 4.68 Å². The van der Waals surface area contributed by atoms with Crippen molar-refractivity contribution in [2.75, 3.05) is 0 Å². The van der Waals surface area contributed by atoms with Gasteiger partial charge in [0.1, 0.15) is 0 Å². The number of aromatic nitrogens is 2. The van der Waals surface area contributed by atoms with E-state index in [1.54, 1.807) is 0 Å². The summed E-state index contributed by atoms with van der Waals surface area (Å²) in [5.74, 6) is 0. The predicted molar refractivity (Wildman–Crippen MR) is 72.8 cm³/mol. The number of halogens is 1. The number of aryl methyl sites for hydroxylation is 2. The monoisotopic (exact) mass is 293 g/mol. The molecule has 1 heterocycles. The smallest absolute Gasteiger partial charge is 0.0583 e. The molecule has 17 heavy (non-hydrogen) atoms. The molecule has 0 saturated heterocycles. The lowest BCUT2D eigenvalue weighted by Crippen LogP contribution is -2.11. The summed E-state index contributed by atoms with van der Waals surface area (Å²) < 4.78 is 2.95. The van der Waals surface area contributed by atoms with Gasteiger partial charge < -0.3 is 5.73 Å². The number of benzene rings is 1. The average molecular weight is 294 g/mol. The SMILES string of the molecule is CCn1cc(C(N)c2cc(C)cc(Br)c2)cn1. The van der Waals surface area contributed by atoms with Gasteiger partial charge in [0.25, 0.3) is 0 Å². The summed E-state index contributed by atoms with van der Waals surface area (Å²) in [6, 6.07) is 6.12. The fourth-order valence-corrected chi connectivity index (χ4v) is 2.48. The van der Waals surface area contributed by atoms with E-state index in [1.165, 1.54) is 5.56 Å². The Bertz CT molecular complexity index is 499. The van der Waals surface area contributed by atoms with E-state index < -0.39 is 0 Å². The van der Waals surface area contributed by atoms with Crippen LogP contribution in [0.3, 0.4) is 0 Å². The van der Waals surface area contributed by atoms with Crippen LogP contribution in [0.2, 0.25) is 0 Å². The van der Waals surface area contributed by atoms with Crippen molar-refractivity contribution in [1.29, 1.82) is 0 Å². The molecule has 0 amide bonds. The van der Waals surface area contributed by atoms with E-state index in [0.29, 0.717) is 0 Å². The first-order chi connectivity index (χ1) is 8.10. The van der Waals surface area contributed by atoms with Crippen molar-refractivity contribution in [3.8, 4) is 0 Å². The zero-order chi connectivity index (χ0) is 12.4. The van der Waals surface area contributed by atoms with Crippen molar-refractivity contribution in [3.05, 3.63) is 51.8 Å². The third kappa shape index (κ3) is 2.76. The van der Waals surface area contributed by atoms with Gasteiger partial charge in [-0.25, -0.2) is 0 Å². The standard InChI is InChI=1S/C13H16BrN3/c1-3-17-8-11(7-16-17)13(15)10-4-9(2)5-12(14)6-10/h4-8,13H,3,15H2,1-2H3. The van der Waals surface area contributed by atoms with E-state index in [-0.39, 0.29) is 6.04 Å². The highest BCUT2D eigenvalue weighted by atomic mass is 79.9. The Labute approximate surface area is 110 Å². The minimum absolute atomic E-state index is 0.119. The van der Waals surface area contributed by atoms with Gasteiger partial charge in [0.05, 0.1) is 12.2 Å². The number of rotatable bonds is 3. The first-order valence-corrected chi connectivity index (χ1v) is 6.44. The van der Waals surface area contributed by atoms with Crippen LogP contribution < -0.4 is 5.73 Å². The fourth-order valence-electron chi connectivity index (χ4n) is 1.85. The molecule has 0 spiro atoms. The van der Waals surface area contributed by atoms with Crippen LogP contribution >= 0.6 is 15.9 Å². The topological polar surface area (TPSA) is 43.8 Å². The maximum absolute atomic E-state index is 6.25. The van der Waals surface area contributed by atoms with Crippen molar-refractivity contribution in [3.63, 3.8) is 0 Å². The molecule has 4 heteroatoms. The van der Waals surface area contributed by atoms with Crippen LogP contribution in [0.4, 0.5) is 0 Å². The molecular formula is C13H16BrN3. The van der Waals surface area contributed by atoms with E-state index in [4.69, 9.17) is 5.73 Å². The maximum Gasteiger partial charge on any atom is 0.0583 e. The number of hydrogen-bond acceptors (Lipinski definition) is 2. The molecule has 1 unspecified atom stereocenters. The molecule has 0 aliphatic rings. The first kappa shape index (κ1) is 12.3. The van der Waals surface area contributed by atoms with E-state index in [9.17, 15) is 0 Å². The molecule has 2 N–H and O–H groups in total. The normalized spacial score (nSPS) is 12.7. The van der Waals surface area contributed by atoms with Gasteiger partial charge in [-0.15, -0.1) is 0 Å². The molecule has 0 radical (unpaired) electrons. The Morgan fingerprint density at radius 1 is 1.35 bits per heavy atom. The molecule has 0 fully saturated rings. The summed E-state index contributed by atoms with van der Waals surface area (Å²) in [6.45, 7) is 4.99. The number of hydrogen-bond donors (Lipinski definition) is 1. The van der Waals surface area contributed by atoms with E-state index in [2.05, 4.69) is 53.1 Å². The van der Waals surface area contributed by atoms with Crippen molar-refractivity contribution in [2.45, 2.75) is 26.4 Å². The molecular weight excluding hydrogens is 278 g/mol. The van der Waals surface area contributed by atoms with Crippen molar-refractivity contribution in [2.24, 2.45) is 5.73 Å². The zero-order valence-corrected chi connectivity index (χ0v) is 11.6. The highest BCUT2D eigenvalue weighted by molar-refractivity contribution is 9.10. The first-order valence-electron chi connectivity index (χ1n) is 5.65. The predicted octanol–water partition coefficient (Wildman–Crippen LogP) is 3.02. The van der Waals surface area contributed by atoms with Crippen LogP contribution in [-0.4, -0.2) is 9.78 Å². The number of nitrogens with two attached hydrogens (primary N) is 1. The minimum atomic E-state index is -0.119. The fraction of sp³-hybridized carbons (Fsp3) is 0.308. The zero-order valence-electron chi connectivity index (χ0n) is 10.0. The van der Waals surface area contributed by atoms with Gasteiger partial charge in [-0.05, 0) is 37.1 Å². The van der Waals surface area contributed by atoms with E-state index in [0.717, 1.165) is 22.1 Å². The van der Waals surface area contributed by atoms with Crippen LogP contribution in [0.15, 0.2) is 35.1 Å². The molecule has 3 nitrogen and oxygen atoms in total. The Hall–Kier alpha value is -1.13. The van der Waals surface area contributed by atoms with E-state index in [1.807, 2.05) is 17.1 Å². The molecule has 0 bridgehead atoms. The van der Waals surface area contributed by atoms with Crippen LogP contribution in [0.1, 0.15) is 29.7 Å². The summed E-state index contributed by atoms with van der Waals surface area (Å²) >= 11 is 3.50. The van der Waals surface area contributed by atoms with Crippen LogP contribution in [0.5, 0.6) is 0 Å². The molecule has 2 aromatic rings. The lowest BCUT2D eigenvalue weighted by molar-refractivity contribution is 0.658. The van der Waals surface area contributed by atoms with Crippen molar-refractivity contribution < 1.29 is 0 Å². The number of nitrogens with zero attached hydrogens (tertiary/aromatic N) is 2. The Morgan fingerprint density at radius 2 is 2.12 bits per heavy atom. The lowest BCUT2D eigenvalue weighted by atomic mass is 10.0. The van der Waals surface area contributed by atoms with Crippen LogP contribution in [0.25, 0.3) is 0 Å². The van der Waals surface area contributed by atoms with Crippen LogP contribution in [0, 0.1) is 6.92 Å². The van der Waals surface area contributed by atoms with Crippen LogP contribution in [-0.2, 0) is 6.54 Å². The average Bonchev–Trinajstić information content (AvgIpc) is 2.75.